The van der Waals surface area contributed by atoms with Gasteiger partial charge in [0.05, 0.1) is 25.2 Å². The van der Waals surface area contributed by atoms with E-state index in [-0.39, 0.29) is 29.4 Å². The number of sulfonamides is 1. The maximum absolute atomic E-state index is 14.9. The Labute approximate surface area is 272 Å². The van der Waals surface area contributed by atoms with Crippen LogP contribution in [0.15, 0.2) is 101 Å². The molecule has 0 saturated carbocycles. The number of carbonyl (C=O) groups is 4. The van der Waals surface area contributed by atoms with E-state index in [9.17, 15) is 27.6 Å². The highest BCUT2D eigenvalue weighted by Gasteiger charge is 2.58. The van der Waals surface area contributed by atoms with Gasteiger partial charge < -0.3 is 14.2 Å². The number of carbonyl (C=O) groups excluding carboxylic acids is 4. The molecule has 4 amide bonds. The monoisotopic (exact) mass is 662 g/mol. The molecule has 0 unspecified atom stereocenters. The second-order valence-electron chi connectivity index (χ2n) is 10.5. The van der Waals surface area contributed by atoms with Crippen LogP contribution in [-0.4, -0.2) is 79.5 Å². The number of hydrogen-bond donors (Lipinski definition) is 0. The van der Waals surface area contributed by atoms with Crippen molar-refractivity contribution in [3.63, 3.8) is 0 Å². The van der Waals surface area contributed by atoms with Gasteiger partial charge in [0.1, 0.15) is 6.04 Å². The summed E-state index contributed by atoms with van der Waals surface area (Å²) < 4.78 is 45.5. The van der Waals surface area contributed by atoms with Crippen molar-refractivity contribution < 1.29 is 41.8 Å². The Bertz CT molecular complexity index is 1780. The molecule has 0 aromatic heterocycles. The highest BCUT2D eigenvalue weighted by molar-refractivity contribution is 7.89. The number of amides is 4. The first-order valence-electron chi connectivity index (χ1n) is 14.8. The van der Waals surface area contributed by atoms with Crippen molar-refractivity contribution in [2.24, 2.45) is 0 Å². The van der Waals surface area contributed by atoms with Gasteiger partial charge in [-0.2, -0.15) is 10.0 Å². The lowest BCUT2D eigenvalue weighted by Gasteiger charge is -2.54. The standard InChI is InChI=1S/C33H34N4O9S/c1-5-45-32(40)35-27(30(38)44-4)21-26-28(23-13-9-7-10-14-23)37(47(42,43)25-19-17-22(3)18-20-25)31(39)34(24-15-11-8-12-16-24)29(26)36(35)33(41)46-6-2/h7-21,27-29H,5-6H2,1-4H3/t27-,28+,29+/m1/s1. The van der Waals surface area contributed by atoms with E-state index in [1.54, 1.807) is 93.6 Å². The van der Waals surface area contributed by atoms with E-state index in [2.05, 4.69) is 0 Å². The van der Waals surface area contributed by atoms with Crippen molar-refractivity contribution >= 4 is 39.9 Å². The van der Waals surface area contributed by atoms with E-state index in [1.165, 1.54) is 18.2 Å². The molecule has 246 valence electrons. The molecule has 14 heteroatoms. The van der Waals surface area contributed by atoms with Gasteiger partial charge in [-0.1, -0.05) is 66.2 Å². The van der Waals surface area contributed by atoms with Gasteiger partial charge in [0.2, 0.25) is 0 Å². The van der Waals surface area contributed by atoms with Gasteiger partial charge in [0.15, 0.2) is 12.2 Å². The number of para-hydroxylation sites is 1. The van der Waals surface area contributed by atoms with Gasteiger partial charge in [-0.05, 0) is 56.7 Å². The maximum Gasteiger partial charge on any atom is 0.431 e. The number of hydrazine groups is 1. The maximum atomic E-state index is 14.9. The Morgan fingerprint density at radius 1 is 0.787 bits per heavy atom. The second-order valence-corrected chi connectivity index (χ2v) is 12.3. The van der Waals surface area contributed by atoms with Crippen LogP contribution in [0.3, 0.4) is 0 Å². The summed E-state index contributed by atoms with van der Waals surface area (Å²) >= 11 is 0. The fourth-order valence-electron chi connectivity index (χ4n) is 5.61. The van der Waals surface area contributed by atoms with E-state index in [4.69, 9.17) is 14.2 Å². The third-order valence-electron chi connectivity index (χ3n) is 7.65. The first-order valence-corrected chi connectivity index (χ1v) is 16.3. The molecule has 1 fully saturated rings. The molecule has 0 spiro atoms. The predicted octanol–water partition coefficient (Wildman–Crippen LogP) is 5.01. The van der Waals surface area contributed by atoms with Crippen molar-refractivity contribution in [1.29, 1.82) is 0 Å². The summed E-state index contributed by atoms with van der Waals surface area (Å²) in [6.07, 6.45) is -2.36. The van der Waals surface area contributed by atoms with Gasteiger partial charge in [-0.3, -0.25) is 4.90 Å². The number of nitrogens with zero attached hydrogens (tertiary/aromatic N) is 4. The van der Waals surface area contributed by atoms with E-state index < -0.39 is 52.5 Å². The van der Waals surface area contributed by atoms with E-state index in [0.717, 1.165) is 31.9 Å². The fourth-order valence-corrected chi connectivity index (χ4v) is 7.13. The van der Waals surface area contributed by atoms with E-state index in [0.29, 0.717) is 5.56 Å². The third-order valence-corrected chi connectivity index (χ3v) is 9.40. The molecule has 0 bridgehead atoms. The molecule has 0 radical (unpaired) electrons. The van der Waals surface area contributed by atoms with Crippen molar-refractivity contribution in [1.82, 2.24) is 14.3 Å². The lowest BCUT2D eigenvalue weighted by molar-refractivity contribution is -0.152. The molecule has 3 atom stereocenters. The van der Waals surface area contributed by atoms with Crippen molar-refractivity contribution in [3.05, 3.63) is 108 Å². The van der Waals surface area contributed by atoms with Crippen LogP contribution in [0.1, 0.15) is 31.0 Å². The summed E-state index contributed by atoms with van der Waals surface area (Å²) in [7, 11) is -3.50. The topological polar surface area (TPSA) is 143 Å². The van der Waals surface area contributed by atoms with Crippen molar-refractivity contribution in [3.8, 4) is 0 Å². The summed E-state index contributed by atoms with van der Waals surface area (Å²) in [6.45, 7) is 4.66. The number of methoxy groups -OCH3 is 1. The third kappa shape index (κ3) is 5.99. The average molecular weight is 663 g/mol. The van der Waals surface area contributed by atoms with Crippen LogP contribution in [0.25, 0.3) is 0 Å². The van der Waals surface area contributed by atoms with Gasteiger partial charge in [-0.15, -0.1) is 0 Å². The smallest absolute Gasteiger partial charge is 0.431 e. The van der Waals surface area contributed by atoms with E-state index in [1.807, 2.05) is 0 Å². The second kappa shape index (κ2) is 13.5. The Kier molecular flexibility index (Phi) is 9.51. The number of anilines is 1. The number of esters is 1. The van der Waals surface area contributed by atoms with Crippen LogP contribution < -0.4 is 4.90 Å². The Morgan fingerprint density at radius 3 is 1.89 bits per heavy atom. The van der Waals surface area contributed by atoms with Gasteiger partial charge in [0.25, 0.3) is 10.0 Å². The van der Waals surface area contributed by atoms with Crippen LogP contribution in [0.4, 0.5) is 20.1 Å². The Balaban J connectivity index is 1.88. The van der Waals surface area contributed by atoms with Gasteiger partial charge >= 0.3 is 24.2 Å². The molecule has 2 aliphatic rings. The molecule has 3 aromatic carbocycles. The predicted molar refractivity (Wildman–Crippen MR) is 169 cm³/mol. The minimum atomic E-state index is -4.60. The molecule has 2 heterocycles. The summed E-state index contributed by atoms with van der Waals surface area (Å²) in [4.78, 5) is 56.6. The lowest BCUT2D eigenvalue weighted by Crippen LogP contribution is -2.72. The zero-order valence-corrected chi connectivity index (χ0v) is 27.0. The molecule has 1 saturated heterocycles. The van der Waals surface area contributed by atoms with Crippen molar-refractivity contribution in [2.75, 3.05) is 25.2 Å². The van der Waals surface area contributed by atoms with E-state index >= 15 is 0 Å². The lowest BCUT2D eigenvalue weighted by atomic mass is 9.90. The van der Waals surface area contributed by atoms with Crippen LogP contribution in [0, 0.1) is 6.92 Å². The fraction of sp³-hybridized carbons (Fsp3) is 0.273. The van der Waals surface area contributed by atoms with Crippen LogP contribution in [0.5, 0.6) is 0 Å². The molecule has 47 heavy (non-hydrogen) atoms. The number of hydrogen-bond acceptors (Lipinski definition) is 9. The molecule has 5 rings (SSSR count). The zero-order valence-electron chi connectivity index (χ0n) is 26.2. The van der Waals surface area contributed by atoms with Crippen LogP contribution >= 0.6 is 0 Å². The van der Waals surface area contributed by atoms with Crippen LogP contribution in [0.2, 0.25) is 0 Å². The van der Waals surface area contributed by atoms with Gasteiger partial charge in [0, 0.05) is 11.3 Å². The normalized spacial score (nSPS) is 19.4. The first-order chi connectivity index (χ1) is 22.6. The Morgan fingerprint density at radius 2 is 1.34 bits per heavy atom. The summed E-state index contributed by atoms with van der Waals surface area (Å²) in [5.41, 5.74) is 1.47. The molecular weight excluding hydrogens is 628 g/mol. The number of ether oxygens (including phenoxy) is 3. The highest BCUT2D eigenvalue weighted by Crippen LogP contribution is 2.46. The molecular formula is C33H34N4O9S. The largest absolute Gasteiger partial charge is 0.467 e. The summed E-state index contributed by atoms with van der Waals surface area (Å²) in [6, 6.07) is 18.4. The number of fused-ring (bicyclic) bond motifs is 1. The van der Waals surface area contributed by atoms with Crippen LogP contribution in [-0.2, 0) is 29.0 Å². The number of aryl methyl sites for hydroxylation is 1. The molecule has 2 aliphatic heterocycles. The minimum absolute atomic E-state index is 0.111. The molecule has 0 aliphatic carbocycles. The molecule has 0 N–H and O–H groups in total. The Hall–Kier alpha value is -5.37. The quantitative estimate of drug-likeness (QED) is 0.194. The molecule has 3 aromatic rings. The first kappa shape index (κ1) is 33.0. The number of benzene rings is 3. The number of rotatable bonds is 7. The highest BCUT2D eigenvalue weighted by atomic mass is 32.2. The summed E-state index contributed by atoms with van der Waals surface area (Å²) in [5.74, 6) is -0.957. The summed E-state index contributed by atoms with van der Waals surface area (Å²) in [5, 5.41) is 1.55. The SMILES string of the molecule is CCOC(=O)N1[C@@H](C(=O)OC)C=C2[C@H](c3ccccc3)N(S(=O)(=O)c3ccc(C)cc3)C(=O)N(c3ccccc3)[C@H]2N1C(=O)OCC. The minimum Gasteiger partial charge on any atom is -0.467 e. The zero-order chi connectivity index (χ0) is 33.9. The average Bonchev–Trinajstić information content (AvgIpc) is 3.07. The van der Waals surface area contributed by atoms with Crippen molar-refractivity contribution in [2.45, 2.75) is 43.9 Å². The van der Waals surface area contributed by atoms with Gasteiger partial charge in [-0.25, -0.2) is 31.9 Å². The number of urea groups is 1. The molecule has 13 nitrogen and oxygen atoms in total.